The smallest absolute Gasteiger partial charge is 0.387 e. The molecule has 0 bridgehead atoms. The maximum absolute atomic E-state index is 14.8. The van der Waals surface area contributed by atoms with Gasteiger partial charge in [0.05, 0.1) is 11.4 Å². The van der Waals surface area contributed by atoms with Crippen molar-refractivity contribution in [2.75, 3.05) is 0 Å². The summed E-state index contributed by atoms with van der Waals surface area (Å²) in [5, 5.41) is 0. The number of imidazole rings is 1. The van der Waals surface area contributed by atoms with Crippen molar-refractivity contribution in [2.24, 2.45) is 0 Å². The molecule has 0 aliphatic carbocycles. The Bertz CT molecular complexity index is 1680. The summed E-state index contributed by atoms with van der Waals surface area (Å²) in [7, 11) is 0. The predicted octanol–water partition coefficient (Wildman–Crippen LogP) is 9.56. The quantitative estimate of drug-likeness (QED) is 0.107. The zero-order valence-electron chi connectivity index (χ0n) is 25.3. The van der Waals surface area contributed by atoms with E-state index in [1.54, 1.807) is 18.2 Å². The number of rotatable bonds is 15. The summed E-state index contributed by atoms with van der Waals surface area (Å²) in [6, 6.07) is 30.1. The Balaban J connectivity index is 1.57. The van der Waals surface area contributed by atoms with E-state index in [1.807, 2.05) is 60.7 Å². The maximum atomic E-state index is 14.8. The number of ether oxygens (including phenoxy) is 2. The zero-order chi connectivity index (χ0) is 32.5. The van der Waals surface area contributed by atoms with E-state index < -0.39 is 24.8 Å². The first kappa shape index (κ1) is 32.7. The molecule has 0 aliphatic heterocycles. The van der Waals surface area contributed by atoms with Gasteiger partial charge in [-0.05, 0) is 41.8 Å². The minimum Gasteiger partial charge on any atom is -0.435 e. The van der Waals surface area contributed by atoms with Gasteiger partial charge in [-0.2, -0.15) is 17.6 Å². The van der Waals surface area contributed by atoms with E-state index in [1.165, 1.54) is 24.3 Å². The Kier molecular flexibility index (Phi) is 11.0. The molecule has 0 unspecified atom stereocenters. The van der Waals surface area contributed by atoms with E-state index in [2.05, 4.69) is 25.9 Å². The fourth-order valence-electron chi connectivity index (χ4n) is 5.35. The molecule has 0 N–H and O–H groups in total. The van der Waals surface area contributed by atoms with Crippen LogP contribution in [0.15, 0.2) is 103 Å². The molecule has 4 aromatic carbocycles. The van der Waals surface area contributed by atoms with Crippen LogP contribution in [0.4, 0.5) is 22.0 Å². The van der Waals surface area contributed by atoms with Gasteiger partial charge in [-0.3, -0.25) is 4.90 Å². The topological polar surface area (TPSA) is 39.5 Å². The van der Waals surface area contributed by atoms with Gasteiger partial charge in [0, 0.05) is 37.3 Å². The van der Waals surface area contributed by atoms with Crippen LogP contribution in [0, 0.1) is 5.82 Å². The zero-order valence-corrected chi connectivity index (χ0v) is 25.3. The monoisotopic (exact) mass is 635 g/mol. The minimum atomic E-state index is -3.15. The van der Waals surface area contributed by atoms with Crippen LogP contribution in [0.1, 0.15) is 36.6 Å². The molecule has 46 heavy (non-hydrogen) atoms. The van der Waals surface area contributed by atoms with Crippen LogP contribution in [0.2, 0.25) is 0 Å². The maximum Gasteiger partial charge on any atom is 0.387 e. The minimum absolute atomic E-state index is 0.0403. The predicted molar refractivity (Wildman–Crippen MR) is 167 cm³/mol. The van der Waals surface area contributed by atoms with Crippen LogP contribution in [0.3, 0.4) is 0 Å². The number of benzene rings is 4. The molecule has 0 atom stereocenters. The van der Waals surface area contributed by atoms with Crippen molar-refractivity contribution in [1.29, 1.82) is 0 Å². The van der Waals surface area contributed by atoms with Crippen molar-refractivity contribution in [1.82, 2.24) is 14.5 Å². The van der Waals surface area contributed by atoms with Gasteiger partial charge in [0.15, 0.2) is 11.6 Å². The molecule has 5 aromatic rings. The van der Waals surface area contributed by atoms with Crippen molar-refractivity contribution in [3.63, 3.8) is 0 Å². The van der Waals surface area contributed by atoms with Crippen LogP contribution in [0.25, 0.3) is 22.6 Å². The molecule has 0 saturated heterocycles. The van der Waals surface area contributed by atoms with Crippen LogP contribution in [-0.4, -0.2) is 27.7 Å². The van der Waals surface area contributed by atoms with Crippen molar-refractivity contribution >= 4 is 0 Å². The van der Waals surface area contributed by atoms with Crippen molar-refractivity contribution < 1.29 is 31.4 Å². The second kappa shape index (κ2) is 15.5. The third kappa shape index (κ3) is 8.51. The lowest BCUT2D eigenvalue weighted by Gasteiger charge is -2.25. The van der Waals surface area contributed by atoms with E-state index in [4.69, 9.17) is 4.98 Å². The lowest BCUT2D eigenvalue weighted by molar-refractivity contribution is -0.0523. The van der Waals surface area contributed by atoms with E-state index in [-0.39, 0.29) is 12.3 Å². The third-order valence-corrected chi connectivity index (χ3v) is 7.43. The van der Waals surface area contributed by atoms with Gasteiger partial charge >= 0.3 is 13.2 Å². The largest absolute Gasteiger partial charge is 0.435 e. The van der Waals surface area contributed by atoms with Gasteiger partial charge < -0.3 is 14.0 Å². The molecular weight excluding hydrogens is 601 g/mol. The van der Waals surface area contributed by atoms with Crippen LogP contribution in [0.5, 0.6) is 11.5 Å². The lowest BCUT2D eigenvalue weighted by Crippen LogP contribution is -2.25. The molecule has 1 heterocycles. The summed E-state index contributed by atoms with van der Waals surface area (Å²) in [5.41, 5.74) is 5.03. The first-order chi connectivity index (χ1) is 22.3. The molecule has 0 spiro atoms. The average Bonchev–Trinajstić information content (AvgIpc) is 3.40. The summed E-state index contributed by atoms with van der Waals surface area (Å²) in [6.07, 6.45) is 1.88. The van der Waals surface area contributed by atoms with E-state index in [0.29, 0.717) is 18.7 Å². The first-order valence-corrected chi connectivity index (χ1v) is 15.0. The number of unbranched alkanes of at least 4 members (excludes halogenated alkanes) is 1. The number of aromatic nitrogens is 2. The summed E-state index contributed by atoms with van der Waals surface area (Å²) >= 11 is 0. The summed E-state index contributed by atoms with van der Waals surface area (Å²) in [5.74, 6) is -0.554. The molecule has 0 radical (unpaired) electrons. The molecule has 10 heteroatoms. The molecule has 1 aromatic heterocycles. The number of hydrogen-bond acceptors (Lipinski definition) is 4. The molecule has 240 valence electrons. The molecule has 0 aliphatic rings. The number of halogens is 5. The Hall–Kier alpha value is -4.70. The summed E-state index contributed by atoms with van der Waals surface area (Å²) in [6.45, 7) is -2.24. The van der Waals surface area contributed by atoms with Gasteiger partial charge in [0.1, 0.15) is 11.6 Å². The average molecular weight is 636 g/mol. The van der Waals surface area contributed by atoms with Crippen LogP contribution in [-0.2, 0) is 26.2 Å². The Morgan fingerprint density at radius 1 is 0.717 bits per heavy atom. The van der Waals surface area contributed by atoms with Crippen LogP contribution < -0.4 is 9.47 Å². The van der Waals surface area contributed by atoms with Crippen LogP contribution >= 0.6 is 0 Å². The molecule has 5 rings (SSSR count). The van der Waals surface area contributed by atoms with Crippen molar-refractivity contribution in [3.05, 3.63) is 126 Å². The standard InChI is InChI=1S/C36H34F5N3O2/c1-2-3-20-44-31(33(27-10-6-4-7-11-27)42-34(44)28-12-8-5-9-13-28)24-43(22-25-14-17-29(18-15-25)45-35(38)39)23-26-16-19-32(30(37)21-26)46-36(40)41/h4-19,21,35-36H,2-3,20,22-24H2,1H3. The number of alkyl halides is 4. The highest BCUT2D eigenvalue weighted by Gasteiger charge is 2.23. The van der Waals surface area contributed by atoms with Gasteiger partial charge in [0.25, 0.3) is 0 Å². The third-order valence-electron chi connectivity index (χ3n) is 7.43. The Morgan fingerprint density at radius 2 is 1.33 bits per heavy atom. The van der Waals surface area contributed by atoms with E-state index in [9.17, 15) is 22.0 Å². The van der Waals surface area contributed by atoms with Gasteiger partial charge in [-0.1, -0.05) is 92.2 Å². The first-order valence-electron chi connectivity index (χ1n) is 15.0. The van der Waals surface area contributed by atoms with Gasteiger partial charge in [-0.15, -0.1) is 0 Å². The molecule has 0 saturated carbocycles. The van der Waals surface area contributed by atoms with Gasteiger partial charge in [0.2, 0.25) is 0 Å². The Labute approximate surface area is 264 Å². The summed E-state index contributed by atoms with van der Waals surface area (Å²) in [4.78, 5) is 7.24. The fraction of sp³-hybridized carbons (Fsp3) is 0.250. The fourth-order valence-corrected chi connectivity index (χ4v) is 5.35. The summed E-state index contributed by atoms with van der Waals surface area (Å²) < 4.78 is 76.9. The number of nitrogens with zero attached hydrogens (tertiary/aromatic N) is 3. The highest BCUT2D eigenvalue weighted by Crippen LogP contribution is 2.32. The molecular formula is C36H34F5N3O2. The SMILES string of the molecule is CCCCn1c(-c2ccccc2)nc(-c2ccccc2)c1CN(Cc1ccc(OC(F)F)cc1)Cc1ccc(OC(F)F)c(F)c1. The van der Waals surface area contributed by atoms with E-state index in [0.717, 1.165) is 53.3 Å². The molecule has 0 fully saturated rings. The van der Waals surface area contributed by atoms with Gasteiger partial charge in [-0.25, -0.2) is 9.37 Å². The second-order valence-electron chi connectivity index (χ2n) is 10.8. The highest BCUT2D eigenvalue weighted by molar-refractivity contribution is 5.68. The molecule has 0 amide bonds. The highest BCUT2D eigenvalue weighted by atomic mass is 19.3. The van der Waals surface area contributed by atoms with Crippen molar-refractivity contribution in [3.8, 4) is 34.1 Å². The van der Waals surface area contributed by atoms with E-state index >= 15 is 0 Å². The lowest BCUT2D eigenvalue weighted by atomic mass is 10.1. The normalized spacial score (nSPS) is 11.5. The Morgan fingerprint density at radius 3 is 1.93 bits per heavy atom. The second-order valence-corrected chi connectivity index (χ2v) is 10.8. The van der Waals surface area contributed by atoms with Crippen molar-refractivity contribution in [2.45, 2.75) is 59.2 Å². The molecule has 5 nitrogen and oxygen atoms in total. The number of hydrogen-bond donors (Lipinski definition) is 0.